The van der Waals surface area contributed by atoms with E-state index in [4.69, 9.17) is 28.9 Å². The summed E-state index contributed by atoms with van der Waals surface area (Å²) in [4.78, 5) is 8.42. The van der Waals surface area contributed by atoms with Gasteiger partial charge in [0.1, 0.15) is 17.5 Å². The Morgan fingerprint density at radius 1 is 1.00 bits per heavy atom. The van der Waals surface area contributed by atoms with Crippen LogP contribution in [-0.2, 0) is 0 Å². The van der Waals surface area contributed by atoms with Gasteiger partial charge in [0.15, 0.2) is 11.6 Å². The molecule has 0 spiro atoms. The number of hydrogen-bond acceptors (Lipinski definition) is 6. The van der Waals surface area contributed by atoms with Crippen LogP contribution in [0.15, 0.2) is 48.8 Å². The molecule has 0 aliphatic heterocycles. The van der Waals surface area contributed by atoms with Crippen molar-refractivity contribution >= 4 is 51.4 Å². The number of nitrogens with two attached hydrogens (primary N) is 1. The van der Waals surface area contributed by atoms with E-state index in [-0.39, 0.29) is 0 Å². The summed E-state index contributed by atoms with van der Waals surface area (Å²) in [7, 11) is 0. The average Bonchev–Trinajstić information content (AvgIpc) is 3.05. The standard InChI is InChI=1S/C16H11Cl2N7/c17-9-4-3-6-11(13(9)18)22-15-14(19)16(21-8-20-15)25-12-7-2-1-5-10(12)23-24-25/h1-8H,19H2,(H,20,21,22). The first-order valence-electron chi connectivity index (χ1n) is 7.27. The molecule has 4 rings (SSSR count). The molecule has 2 aromatic heterocycles. The van der Waals surface area contributed by atoms with Gasteiger partial charge in [0, 0.05) is 0 Å². The van der Waals surface area contributed by atoms with Crippen molar-refractivity contribution in [3.05, 3.63) is 58.8 Å². The molecule has 0 saturated heterocycles. The molecule has 25 heavy (non-hydrogen) atoms. The summed E-state index contributed by atoms with van der Waals surface area (Å²) in [6.07, 6.45) is 1.39. The second-order valence-electron chi connectivity index (χ2n) is 5.18. The van der Waals surface area contributed by atoms with E-state index in [0.717, 1.165) is 11.0 Å². The number of anilines is 3. The van der Waals surface area contributed by atoms with Crippen LogP contribution in [-0.4, -0.2) is 25.0 Å². The lowest BCUT2D eigenvalue weighted by Gasteiger charge is -2.12. The monoisotopic (exact) mass is 371 g/mol. The lowest BCUT2D eigenvalue weighted by atomic mass is 10.3. The minimum absolute atomic E-state index is 0.314. The largest absolute Gasteiger partial charge is 0.393 e. The van der Waals surface area contributed by atoms with Crippen LogP contribution in [0.3, 0.4) is 0 Å². The minimum Gasteiger partial charge on any atom is -0.393 e. The third kappa shape index (κ3) is 2.73. The van der Waals surface area contributed by atoms with Gasteiger partial charge in [-0.1, -0.05) is 46.6 Å². The first-order valence-corrected chi connectivity index (χ1v) is 8.03. The number of para-hydroxylation sites is 1. The molecule has 0 saturated carbocycles. The predicted octanol–water partition coefficient (Wildman–Crippen LogP) is 3.84. The number of hydrogen-bond donors (Lipinski definition) is 2. The van der Waals surface area contributed by atoms with Crippen molar-refractivity contribution in [1.29, 1.82) is 0 Å². The Morgan fingerprint density at radius 2 is 1.84 bits per heavy atom. The van der Waals surface area contributed by atoms with Gasteiger partial charge in [0.05, 0.1) is 21.2 Å². The Labute approximate surface area is 152 Å². The highest BCUT2D eigenvalue weighted by Gasteiger charge is 2.15. The third-order valence-corrected chi connectivity index (χ3v) is 4.44. The van der Waals surface area contributed by atoms with Gasteiger partial charge in [-0.3, -0.25) is 0 Å². The van der Waals surface area contributed by atoms with Crippen molar-refractivity contribution in [2.75, 3.05) is 11.1 Å². The highest BCUT2D eigenvalue weighted by molar-refractivity contribution is 6.43. The summed E-state index contributed by atoms with van der Waals surface area (Å²) in [6, 6.07) is 12.8. The molecule has 0 radical (unpaired) electrons. The fraction of sp³-hybridized carbons (Fsp3) is 0. The van der Waals surface area contributed by atoms with Gasteiger partial charge >= 0.3 is 0 Å². The summed E-state index contributed by atoms with van der Waals surface area (Å²) >= 11 is 12.2. The normalized spacial score (nSPS) is 11.0. The SMILES string of the molecule is Nc1c(Nc2cccc(Cl)c2Cl)ncnc1-n1nnc2ccccc21. The van der Waals surface area contributed by atoms with Gasteiger partial charge in [-0.05, 0) is 24.3 Å². The molecule has 2 aromatic carbocycles. The second-order valence-corrected chi connectivity index (χ2v) is 5.96. The maximum atomic E-state index is 6.25. The smallest absolute Gasteiger partial charge is 0.184 e. The molecule has 0 bridgehead atoms. The number of nitrogens with zero attached hydrogens (tertiary/aromatic N) is 5. The van der Waals surface area contributed by atoms with Crippen molar-refractivity contribution in [3.8, 4) is 5.82 Å². The van der Waals surface area contributed by atoms with Crippen LogP contribution in [0.5, 0.6) is 0 Å². The number of halogens is 2. The van der Waals surface area contributed by atoms with E-state index in [1.807, 2.05) is 24.3 Å². The number of nitrogen functional groups attached to an aromatic ring is 1. The molecule has 2 heterocycles. The van der Waals surface area contributed by atoms with Gasteiger partial charge in [0.25, 0.3) is 0 Å². The van der Waals surface area contributed by atoms with Crippen molar-refractivity contribution in [3.63, 3.8) is 0 Å². The molecule has 0 atom stereocenters. The molecule has 4 aromatic rings. The van der Waals surface area contributed by atoms with Gasteiger partial charge in [-0.25, -0.2) is 9.97 Å². The number of fused-ring (bicyclic) bond motifs is 1. The lowest BCUT2D eigenvalue weighted by Crippen LogP contribution is -2.08. The first-order chi connectivity index (χ1) is 12.1. The maximum absolute atomic E-state index is 6.25. The highest BCUT2D eigenvalue weighted by atomic mass is 35.5. The summed E-state index contributed by atoms with van der Waals surface area (Å²) in [5.74, 6) is 0.818. The molecular formula is C16H11Cl2N7. The van der Waals surface area contributed by atoms with Gasteiger partial charge in [0.2, 0.25) is 0 Å². The van der Waals surface area contributed by atoms with E-state index in [1.165, 1.54) is 6.33 Å². The Balaban J connectivity index is 1.80. The highest BCUT2D eigenvalue weighted by Crippen LogP contribution is 2.33. The predicted molar refractivity (Wildman–Crippen MR) is 98.6 cm³/mol. The molecule has 0 unspecified atom stereocenters. The zero-order chi connectivity index (χ0) is 17.4. The summed E-state index contributed by atoms with van der Waals surface area (Å²) in [5.41, 5.74) is 8.69. The van der Waals surface area contributed by atoms with Crippen molar-refractivity contribution < 1.29 is 0 Å². The molecule has 9 heteroatoms. The van der Waals surface area contributed by atoms with Crippen molar-refractivity contribution in [2.45, 2.75) is 0 Å². The van der Waals surface area contributed by atoms with Crippen LogP contribution in [0.25, 0.3) is 16.9 Å². The quantitative estimate of drug-likeness (QED) is 0.567. The Morgan fingerprint density at radius 3 is 2.72 bits per heavy atom. The van der Waals surface area contributed by atoms with Crippen LogP contribution in [0.4, 0.5) is 17.2 Å². The first kappa shape index (κ1) is 15.6. The van der Waals surface area contributed by atoms with Crippen molar-refractivity contribution in [2.24, 2.45) is 0 Å². The Hall–Kier alpha value is -2.90. The Kier molecular flexibility index (Phi) is 3.87. The van der Waals surface area contributed by atoms with E-state index in [2.05, 4.69) is 25.6 Å². The van der Waals surface area contributed by atoms with E-state index >= 15 is 0 Å². The van der Waals surface area contributed by atoms with E-state index in [0.29, 0.717) is 33.1 Å². The summed E-state index contributed by atoms with van der Waals surface area (Å²) in [5, 5.41) is 12.1. The molecule has 0 aliphatic carbocycles. The molecule has 3 N–H and O–H groups in total. The number of benzene rings is 2. The maximum Gasteiger partial charge on any atom is 0.184 e. The van der Waals surface area contributed by atoms with Crippen LogP contribution in [0.1, 0.15) is 0 Å². The zero-order valence-electron chi connectivity index (χ0n) is 12.7. The lowest BCUT2D eigenvalue weighted by molar-refractivity contribution is 0.800. The minimum atomic E-state index is 0.314. The fourth-order valence-electron chi connectivity index (χ4n) is 2.41. The van der Waals surface area contributed by atoms with Crippen LogP contribution in [0.2, 0.25) is 10.0 Å². The van der Waals surface area contributed by atoms with Crippen LogP contribution < -0.4 is 11.1 Å². The third-order valence-electron chi connectivity index (χ3n) is 3.62. The van der Waals surface area contributed by atoms with Gasteiger partial charge in [-0.15, -0.1) is 5.10 Å². The van der Waals surface area contributed by atoms with Crippen LogP contribution >= 0.6 is 23.2 Å². The number of rotatable bonds is 3. The second kappa shape index (κ2) is 6.19. The molecule has 7 nitrogen and oxygen atoms in total. The molecule has 0 fully saturated rings. The summed E-state index contributed by atoms with van der Waals surface area (Å²) < 4.78 is 1.57. The molecule has 0 amide bonds. The van der Waals surface area contributed by atoms with Crippen molar-refractivity contribution in [1.82, 2.24) is 25.0 Å². The summed E-state index contributed by atoms with van der Waals surface area (Å²) in [6.45, 7) is 0. The number of nitrogens with one attached hydrogen (secondary N) is 1. The molecule has 0 aliphatic rings. The number of aromatic nitrogens is 5. The van der Waals surface area contributed by atoms with E-state index < -0.39 is 0 Å². The molecule has 124 valence electrons. The topological polar surface area (TPSA) is 94.5 Å². The Bertz CT molecular complexity index is 1080. The van der Waals surface area contributed by atoms with E-state index in [9.17, 15) is 0 Å². The average molecular weight is 372 g/mol. The van der Waals surface area contributed by atoms with Gasteiger partial charge in [-0.2, -0.15) is 4.68 Å². The van der Waals surface area contributed by atoms with Gasteiger partial charge < -0.3 is 11.1 Å². The zero-order valence-corrected chi connectivity index (χ0v) is 14.2. The van der Waals surface area contributed by atoms with Crippen LogP contribution in [0, 0.1) is 0 Å². The molecular weight excluding hydrogens is 361 g/mol. The fourth-order valence-corrected chi connectivity index (χ4v) is 2.76. The van der Waals surface area contributed by atoms with E-state index in [1.54, 1.807) is 22.9 Å².